The highest BCUT2D eigenvalue weighted by Crippen LogP contribution is 2.32. The first kappa shape index (κ1) is 14.4. The van der Waals surface area contributed by atoms with Crippen LogP contribution in [-0.4, -0.2) is 24.1 Å². The number of alkyl halides is 1. The average molecular weight is 300 g/mol. The minimum Gasteiger partial charge on any atom is -0.305 e. The predicted molar refractivity (Wildman–Crippen MR) is 77.3 cm³/mol. The van der Waals surface area contributed by atoms with Crippen LogP contribution >= 0.6 is 23.2 Å². The molecular formula is C14H15Cl2NO2. The fourth-order valence-electron chi connectivity index (χ4n) is 2.17. The van der Waals surface area contributed by atoms with Gasteiger partial charge in [-0.3, -0.25) is 9.59 Å². The van der Waals surface area contributed by atoms with Gasteiger partial charge in [-0.05, 0) is 37.0 Å². The Morgan fingerprint density at radius 1 is 1.26 bits per heavy atom. The molecule has 0 aromatic heterocycles. The molecule has 0 bridgehead atoms. The van der Waals surface area contributed by atoms with Crippen LogP contribution < -0.4 is 4.90 Å². The van der Waals surface area contributed by atoms with Gasteiger partial charge in [-0.25, -0.2) is 0 Å². The first-order valence-corrected chi connectivity index (χ1v) is 7.17. The highest BCUT2D eigenvalue weighted by molar-refractivity contribution is 6.52. The van der Waals surface area contributed by atoms with Crippen LogP contribution in [0.3, 0.4) is 0 Å². The first-order chi connectivity index (χ1) is 9.04. The molecule has 0 N–H and O–H groups in total. The number of Topliss-reactive ketones (excluding diaryl/α,β-unsaturated/α-hetero) is 1. The molecule has 2 rings (SSSR count). The van der Waals surface area contributed by atoms with Crippen molar-refractivity contribution in [3.8, 4) is 0 Å². The van der Waals surface area contributed by atoms with E-state index >= 15 is 0 Å². The Morgan fingerprint density at radius 3 is 2.68 bits per heavy atom. The molecule has 1 unspecified atom stereocenters. The van der Waals surface area contributed by atoms with Gasteiger partial charge >= 0.3 is 0 Å². The topological polar surface area (TPSA) is 37.4 Å². The van der Waals surface area contributed by atoms with E-state index in [1.807, 2.05) is 0 Å². The molecule has 1 aliphatic rings. The van der Waals surface area contributed by atoms with Crippen LogP contribution in [0.15, 0.2) is 18.2 Å². The number of anilines is 1. The van der Waals surface area contributed by atoms with Crippen molar-refractivity contribution in [2.45, 2.75) is 19.8 Å². The summed E-state index contributed by atoms with van der Waals surface area (Å²) in [5.74, 6) is 0.117. The Labute approximate surface area is 122 Å². The second-order valence-corrected chi connectivity index (χ2v) is 5.63. The van der Waals surface area contributed by atoms with Gasteiger partial charge < -0.3 is 4.90 Å². The normalized spacial score (nSPS) is 15.8. The molecule has 0 radical (unpaired) electrons. The molecule has 102 valence electrons. The van der Waals surface area contributed by atoms with E-state index in [-0.39, 0.29) is 0 Å². The molecule has 1 aromatic carbocycles. The molecule has 0 spiro atoms. The van der Waals surface area contributed by atoms with Crippen molar-refractivity contribution in [3.63, 3.8) is 0 Å². The Kier molecular flexibility index (Phi) is 4.48. The Hall–Kier alpha value is -1.06. The number of fused-ring (bicyclic) bond motifs is 1. The standard InChI is InChI=1S/C14H15Cl2NO2/c1-9(4-6-15)5-7-17-12-8-10(16)2-3-11(12)13(18)14(17)19/h2-3,8-9H,4-7H2,1H3. The van der Waals surface area contributed by atoms with Crippen molar-refractivity contribution in [1.29, 1.82) is 0 Å². The zero-order valence-electron chi connectivity index (χ0n) is 10.7. The van der Waals surface area contributed by atoms with E-state index in [0.717, 1.165) is 12.8 Å². The average Bonchev–Trinajstić information content (AvgIpc) is 2.60. The predicted octanol–water partition coefficient (Wildman–Crippen LogP) is 3.52. The van der Waals surface area contributed by atoms with Gasteiger partial charge in [0.2, 0.25) is 0 Å². The summed E-state index contributed by atoms with van der Waals surface area (Å²) in [6, 6.07) is 4.91. The van der Waals surface area contributed by atoms with Crippen LogP contribution in [0.2, 0.25) is 5.02 Å². The van der Waals surface area contributed by atoms with E-state index in [1.54, 1.807) is 18.2 Å². The van der Waals surface area contributed by atoms with Crippen molar-refractivity contribution >= 4 is 40.6 Å². The van der Waals surface area contributed by atoms with Gasteiger partial charge in [0.15, 0.2) is 0 Å². The van der Waals surface area contributed by atoms with Crippen LogP contribution in [0.4, 0.5) is 5.69 Å². The highest BCUT2D eigenvalue weighted by Gasteiger charge is 2.35. The van der Waals surface area contributed by atoms with Gasteiger partial charge in [-0.1, -0.05) is 18.5 Å². The summed E-state index contributed by atoms with van der Waals surface area (Å²) in [7, 11) is 0. The molecule has 3 nitrogen and oxygen atoms in total. The molecule has 0 fully saturated rings. The van der Waals surface area contributed by atoms with Gasteiger partial charge in [0.05, 0.1) is 11.3 Å². The highest BCUT2D eigenvalue weighted by atomic mass is 35.5. The maximum Gasteiger partial charge on any atom is 0.299 e. The van der Waals surface area contributed by atoms with Crippen molar-refractivity contribution in [2.24, 2.45) is 5.92 Å². The van der Waals surface area contributed by atoms with Crippen molar-refractivity contribution in [2.75, 3.05) is 17.3 Å². The van der Waals surface area contributed by atoms with E-state index < -0.39 is 11.7 Å². The Morgan fingerprint density at radius 2 is 2.00 bits per heavy atom. The fraction of sp³-hybridized carbons (Fsp3) is 0.429. The number of carbonyl (C=O) groups is 2. The van der Waals surface area contributed by atoms with E-state index in [2.05, 4.69) is 6.92 Å². The maximum atomic E-state index is 12.0. The number of hydrogen-bond donors (Lipinski definition) is 0. The monoisotopic (exact) mass is 299 g/mol. The summed E-state index contributed by atoms with van der Waals surface area (Å²) in [6.45, 7) is 2.61. The third-order valence-electron chi connectivity index (χ3n) is 3.38. The molecule has 1 atom stereocenters. The number of benzene rings is 1. The minimum atomic E-state index is -0.463. The summed E-state index contributed by atoms with van der Waals surface area (Å²) in [5, 5.41) is 0.528. The van der Waals surface area contributed by atoms with E-state index in [0.29, 0.717) is 34.6 Å². The number of hydrogen-bond acceptors (Lipinski definition) is 2. The SMILES string of the molecule is CC(CCCl)CCN1C(=O)C(=O)c2ccc(Cl)cc21. The first-order valence-electron chi connectivity index (χ1n) is 6.26. The molecule has 1 amide bonds. The van der Waals surface area contributed by atoms with Gasteiger partial charge in [-0.15, -0.1) is 11.6 Å². The van der Waals surface area contributed by atoms with Gasteiger partial charge in [0.1, 0.15) is 0 Å². The summed E-state index contributed by atoms with van der Waals surface area (Å²) in [4.78, 5) is 25.3. The van der Waals surface area contributed by atoms with E-state index in [1.165, 1.54) is 4.90 Å². The van der Waals surface area contributed by atoms with Gasteiger partial charge in [0.25, 0.3) is 11.7 Å². The minimum absolute atomic E-state index is 0.420. The molecule has 1 heterocycles. The maximum absolute atomic E-state index is 12.0. The molecule has 1 aliphatic heterocycles. The van der Waals surface area contributed by atoms with Crippen LogP contribution in [0.5, 0.6) is 0 Å². The Balaban J connectivity index is 2.16. The number of halogens is 2. The summed E-state index contributed by atoms with van der Waals surface area (Å²) >= 11 is 11.6. The number of amides is 1. The molecule has 1 aromatic rings. The smallest absolute Gasteiger partial charge is 0.299 e. The van der Waals surface area contributed by atoms with E-state index in [4.69, 9.17) is 23.2 Å². The Bertz CT molecular complexity index is 516. The zero-order valence-corrected chi connectivity index (χ0v) is 12.2. The lowest BCUT2D eigenvalue weighted by atomic mass is 10.1. The molecule has 19 heavy (non-hydrogen) atoms. The van der Waals surface area contributed by atoms with Crippen molar-refractivity contribution in [3.05, 3.63) is 28.8 Å². The molecular weight excluding hydrogens is 285 g/mol. The second kappa shape index (κ2) is 5.93. The number of rotatable bonds is 5. The molecule has 0 saturated carbocycles. The fourth-order valence-corrected chi connectivity index (χ4v) is 2.71. The van der Waals surface area contributed by atoms with Crippen LogP contribution in [0.25, 0.3) is 0 Å². The summed E-state index contributed by atoms with van der Waals surface area (Å²) in [5.41, 5.74) is 1.07. The quantitative estimate of drug-likeness (QED) is 0.616. The third kappa shape index (κ3) is 2.93. The molecule has 5 heteroatoms. The summed E-state index contributed by atoms with van der Waals surface area (Å²) in [6.07, 6.45) is 1.72. The lowest BCUT2D eigenvalue weighted by Gasteiger charge is -2.19. The van der Waals surface area contributed by atoms with Crippen molar-refractivity contribution < 1.29 is 9.59 Å². The number of carbonyl (C=O) groups excluding carboxylic acids is 2. The van der Waals surface area contributed by atoms with Crippen LogP contribution in [-0.2, 0) is 4.79 Å². The van der Waals surface area contributed by atoms with E-state index in [9.17, 15) is 9.59 Å². The van der Waals surface area contributed by atoms with Gasteiger partial charge in [0, 0.05) is 17.4 Å². The number of ketones is 1. The van der Waals surface area contributed by atoms with Gasteiger partial charge in [-0.2, -0.15) is 0 Å². The largest absolute Gasteiger partial charge is 0.305 e. The lowest BCUT2D eigenvalue weighted by Crippen LogP contribution is -2.31. The van der Waals surface area contributed by atoms with Crippen LogP contribution in [0.1, 0.15) is 30.1 Å². The lowest BCUT2D eigenvalue weighted by molar-refractivity contribution is -0.114. The zero-order chi connectivity index (χ0) is 14.0. The third-order valence-corrected chi connectivity index (χ3v) is 3.84. The van der Waals surface area contributed by atoms with Crippen molar-refractivity contribution in [1.82, 2.24) is 0 Å². The number of nitrogens with zero attached hydrogens (tertiary/aromatic N) is 1. The molecule has 0 saturated heterocycles. The second-order valence-electron chi connectivity index (χ2n) is 4.82. The van der Waals surface area contributed by atoms with Crippen LogP contribution in [0, 0.1) is 5.92 Å². The summed E-state index contributed by atoms with van der Waals surface area (Å²) < 4.78 is 0. The molecule has 0 aliphatic carbocycles.